The third kappa shape index (κ3) is 7.51. The number of halogens is 4. The minimum Gasteiger partial charge on any atom is -0.475 e. The lowest BCUT2D eigenvalue weighted by atomic mass is 10.1. The van der Waals surface area contributed by atoms with Gasteiger partial charge in [-0.2, -0.15) is 18.3 Å². The second-order valence-electron chi connectivity index (χ2n) is 7.91. The number of aryl methyl sites for hydroxylation is 1. The van der Waals surface area contributed by atoms with Crippen LogP contribution in [-0.4, -0.2) is 69.9 Å². The molecule has 3 atom stereocenters. The molecule has 0 amide bonds. The van der Waals surface area contributed by atoms with Crippen molar-refractivity contribution in [3.63, 3.8) is 0 Å². The highest BCUT2D eigenvalue weighted by atomic mass is 19.4. The summed E-state index contributed by atoms with van der Waals surface area (Å²) in [6.45, 7) is 4.11. The quantitative estimate of drug-likeness (QED) is 0.490. The molecule has 2 aromatic rings. The van der Waals surface area contributed by atoms with Crippen molar-refractivity contribution in [2.75, 3.05) is 19.8 Å². The van der Waals surface area contributed by atoms with Crippen LogP contribution in [0, 0.1) is 5.82 Å². The molecule has 1 saturated heterocycles. The average Bonchev–Trinajstić information content (AvgIpc) is 3.43. The first-order chi connectivity index (χ1) is 15.7. The topological polar surface area (TPSA) is 76.8 Å². The molecule has 1 aliphatic heterocycles. The van der Waals surface area contributed by atoms with Gasteiger partial charge in [0.2, 0.25) is 0 Å². The first-order valence-corrected chi connectivity index (χ1v) is 10.7. The molecule has 1 saturated carbocycles. The normalized spacial score (nSPS) is 23.0. The number of carbonyl (C=O) groups is 1. The van der Waals surface area contributed by atoms with Gasteiger partial charge in [0.05, 0.1) is 18.8 Å². The molecule has 33 heavy (non-hydrogen) atoms. The van der Waals surface area contributed by atoms with E-state index in [1.54, 1.807) is 6.20 Å². The van der Waals surface area contributed by atoms with Crippen molar-refractivity contribution in [2.45, 2.75) is 56.8 Å². The molecule has 11 heteroatoms. The summed E-state index contributed by atoms with van der Waals surface area (Å²) in [6.07, 6.45) is 2.10. The van der Waals surface area contributed by atoms with E-state index in [9.17, 15) is 17.6 Å². The van der Waals surface area contributed by atoms with Gasteiger partial charge in [0.15, 0.2) is 0 Å². The zero-order chi connectivity index (χ0) is 23.8. The summed E-state index contributed by atoms with van der Waals surface area (Å²) < 4.78 is 59.0. The zero-order valence-electron chi connectivity index (χ0n) is 18.0. The smallest absolute Gasteiger partial charge is 0.475 e. The molecular weight excluding hydrogens is 446 g/mol. The Morgan fingerprint density at radius 3 is 2.61 bits per heavy atom. The second kappa shape index (κ2) is 11.6. The highest BCUT2D eigenvalue weighted by Gasteiger charge is 2.43. The van der Waals surface area contributed by atoms with Crippen molar-refractivity contribution < 1.29 is 36.9 Å². The van der Waals surface area contributed by atoms with Crippen LogP contribution in [-0.2, 0) is 27.4 Å². The van der Waals surface area contributed by atoms with E-state index < -0.39 is 12.1 Å². The van der Waals surface area contributed by atoms with Crippen molar-refractivity contribution in [1.82, 2.24) is 14.7 Å². The minimum absolute atomic E-state index is 0.147. The number of ether oxygens (including phenoxy) is 2. The van der Waals surface area contributed by atoms with E-state index >= 15 is 0 Å². The van der Waals surface area contributed by atoms with Gasteiger partial charge < -0.3 is 14.6 Å². The van der Waals surface area contributed by atoms with Gasteiger partial charge in [-0.1, -0.05) is 12.1 Å². The monoisotopic (exact) mass is 473 g/mol. The summed E-state index contributed by atoms with van der Waals surface area (Å²) in [5.41, 5.74) is 1.15. The fourth-order valence-electron chi connectivity index (χ4n) is 4.08. The molecule has 4 rings (SSSR count). The van der Waals surface area contributed by atoms with E-state index in [2.05, 4.69) is 10.00 Å². The van der Waals surface area contributed by atoms with Gasteiger partial charge in [-0.3, -0.25) is 9.58 Å². The number of carboxylic acids is 1. The molecule has 0 radical (unpaired) electrons. The summed E-state index contributed by atoms with van der Waals surface area (Å²) in [4.78, 5) is 11.4. The summed E-state index contributed by atoms with van der Waals surface area (Å²) in [5.74, 6) is -2.94. The summed E-state index contributed by atoms with van der Waals surface area (Å²) in [6, 6.07) is 9.15. The van der Waals surface area contributed by atoms with Crippen molar-refractivity contribution >= 4 is 5.97 Å². The molecule has 1 aromatic heterocycles. The summed E-state index contributed by atoms with van der Waals surface area (Å²) in [5, 5.41) is 11.3. The van der Waals surface area contributed by atoms with Gasteiger partial charge in [-0.15, -0.1) is 0 Å². The number of carboxylic acid groups (broad SMARTS) is 1. The molecule has 2 fully saturated rings. The fraction of sp³-hybridized carbons (Fsp3) is 0.545. The number of benzene rings is 1. The number of aliphatic carboxylic acids is 1. The van der Waals surface area contributed by atoms with Gasteiger partial charge in [-0.05, 0) is 43.0 Å². The number of hydrogen-bond acceptors (Lipinski definition) is 5. The number of morpholine rings is 1. The number of nitrogens with zero attached hydrogens (tertiary/aromatic N) is 3. The van der Waals surface area contributed by atoms with Gasteiger partial charge >= 0.3 is 12.1 Å². The second-order valence-corrected chi connectivity index (χ2v) is 7.91. The van der Waals surface area contributed by atoms with Crippen LogP contribution in [0.3, 0.4) is 0 Å². The van der Waals surface area contributed by atoms with Gasteiger partial charge in [-0.25, -0.2) is 9.18 Å². The van der Waals surface area contributed by atoms with Crippen LogP contribution in [0.1, 0.15) is 24.8 Å². The third-order valence-electron chi connectivity index (χ3n) is 5.61. The van der Waals surface area contributed by atoms with Crippen LogP contribution < -0.4 is 0 Å². The lowest BCUT2D eigenvalue weighted by Crippen LogP contribution is -2.51. The number of rotatable bonds is 7. The van der Waals surface area contributed by atoms with Crippen molar-refractivity contribution in [3.05, 3.63) is 54.1 Å². The van der Waals surface area contributed by atoms with Crippen LogP contribution in [0.5, 0.6) is 0 Å². The van der Waals surface area contributed by atoms with Crippen LogP contribution in [0.25, 0.3) is 0 Å². The lowest BCUT2D eigenvalue weighted by Gasteiger charge is -2.39. The predicted molar refractivity (Wildman–Crippen MR) is 110 cm³/mol. The fourth-order valence-corrected chi connectivity index (χ4v) is 4.08. The Labute approximate surface area is 188 Å². The van der Waals surface area contributed by atoms with Gasteiger partial charge in [0.25, 0.3) is 0 Å². The third-order valence-corrected chi connectivity index (χ3v) is 5.61. The highest BCUT2D eigenvalue weighted by Crippen LogP contribution is 2.33. The zero-order valence-corrected chi connectivity index (χ0v) is 18.0. The maximum Gasteiger partial charge on any atom is 0.490 e. The molecular formula is C22H27F4N3O4. The molecule has 0 spiro atoms. The lowest BCUT2D eigenvalue weighted by molar-refractivity contribution is -0.192. The SMILES string of the molecule is Fc1ccc(CN2CCO[C@H]3[C@H](OCCCn4cccn4)CC[C@@H]32)cc1.O=C(O)C(F)(F)F. The van der Waals surface area contributed by atoms with E-state index in [1.807, 2.05) is 29.1 Å². The maximum absolute atomic E-state index is 13.1. The molecule has 0 bridgehead atoms. The molecule has 182 valence electrons. The van der Waals surface area contributed by atoms with E-state index in [0.29, 0.717) is 6.04 Å². The molecule has 1 N–H and O–H groups in total. The van der Waals surface area contributed by atoms with Crippen molar-refractivity contribution in [3.8, 4) is 0 Å². The van der Waals surface area contributed by atoms with E-state index in [-0.39, 0.29) is 18.0 Å². The molecule has 2 heterocycles. The maximum atomic E-state index is 13.1. The highest BCUT2D eigenvalue weighted by molar-refractivity contribution is 5.73. The van der Waals surface area contributed by atoms with Crippen molar-refractivity contribution in [1.29, 1.82) is 0 Å². The van der Waals surface area contributed by atoms with Crippen LogP contribution in [0.15, 0.2) is 42.7 Å². The first-order valence-electron chi connectivity index (χ1n) is 10.7. The number of aromatic nitrogens is 2. The Morgan fingerprint density at radius 1 is 1.24 bits per heavy atom. The van der Waals surface area contributed by atoms with Crippen LogP contribution in [0.2, 0.25) is 0 Å². The summed E-state index contributed by atoms with van der Waals surface area (Å²) >= 11 is 0. The first kappa shape index (κ1) is 25.1. The van der Waals surface area contributed by atoms with E-state index in [1.165, 1.54) is 12.1 Å². The summed E-state index contributed by atoms with van der Waals surface area (Å²) in [7, 11) is 0. The number of fused-ring (bicyclic) bond motifs is 1. The van der Waals surface area contributed by atoms with Crippen LogP contribution in [0.4, 0.5) is 17.6 Å². The number of hydrogen-bond donors (Lipinski definition) is 1. The Kier molecular flexibility index (Phi) is 8.81. The Hall–Kier alpha value is -2.50. The average molecular weight is 473 g/mol. The largest absolute Gasteiger partial charge is 0.490 e. The predicted octanol–water partition coefficient (Wildman–Crippen LogP) is 3.49. The molecule has 0 unspecified atom stereocenters. The van der Waals surface area contributed by atoms with Gasteiger partial charge in [0.1, 0.15) is 5.82 Å². The van der Waals surface area contributed by atoms with E-state index in [0.717, 1.165) is 57.7 Å². The van der Waals surface area contributed by atoms with E-state index in [4.69, 9.17) is 19.4 Å². The molecule has 7 nitrogen and oxygen atoms in total. The number of alkyl halides is 3. The Balaban J connectivity index is 0.000000383. The molecule has 1 aliphatic carbocycles. The van der Waals surface area contributed by atoms with Crippen LogP contribution >= 0.6 is 0 Å². The minimum atomic E-state index is -5.08. The van der Waals surface area contributed by atoms with Crippen molar-refractivity contribution in [2.24, 2.45) is 0 Å². The Morgan fingerprint density at radius 2 is 1.97 bits per heavy atom. The standard InChI is InChI=1S/C20H26FN3O2.C2HF3O2/c21-17-5-3-16(4-6-17)15-23-12-14-26-20-18(23)7-8-19(20)25-13-2-11-24-10-1-9-22-24;3-2(4,5)1(6)7/h1,3-6,9-10,18-20H,2,7-8,11-15H2;(H,6,7)/t18-,19+,20+;/m0./s1. The van der Waals surface area contributed by atoms with Gasteiger partial charge in [0, 0.05) is 44.7 Å². The molecule has 2 aliphatic rings. The molecule has 1 aromatic carbocycles. The Bertz CT molecular complexity index is 862.